The van der Waals surface area contributed by atoms with Crippen LogP contribution in [0.2, 0.25) is 0 Å². The van der Waals surface area contributed by atoms with Crippen molar-refractivity contribution in [3.8, 4) is 0 Å². The quantitative estimate of drug-likeness (QED) is 0.872. The van der Waals surface area contributed by atoms with Crippen molar-refractivity contribution < 1.29 is 22.8 Å². The molecule has 0 radical (unpaired) electrons. The molecule has 0 heterocycles. The lowest BCUT2D eigenvalue weighted by atomic mass is 10.1. The van der Waals surface area contributed by atoms with Crippen molar-refractivity contribution in [1.29, 1.82) is 0 Å². The van der Waals surface area contributed by atoms with Crippen LogP contribution >= 0.6 is 0 Å². The summed E-state index contributed by atoms with van der Waals surface area (Å²) in [5.74, 6) is -0.641. The third-order valence-electron chi connectivity index (χ3n) is 2.81. The number of hydrogen-bond acceptors (Lipinski definition) is 2. The lowest BCUT2D eigenvalue weighted by Crippen LogP contribution is -2.44. The number of nitrogens with one attached hydrogen (secondary N) is 2. The normalized spacial score (nSPS) is 12.6. The summed E-state index contributed by atoms with van der Waals surface area (Å²) >= 11 is 0. The van der Waals surface area contributed by atoms with Crippen LogP contribution in [0.5, 0.6) is 0 Å². The number of carbonyl (C=O) groups excluding carboxylic acids is 2. The van der Waals surface area contributed by atoms with E-state index < -0.39 is 17.8 Å². The first-order valence-electron chi connectivity index (χ1n) is 6.41. The Balaban J connectivity index is 2.42. The second-order valence-electron chi connectivity index (χ2n) is 4.66. The first-order valence-corrected chi connectivity index (χ1v) is 6.41. The Morgan fingerprint density at radius 2 is 1.76 bits per heavy atom. The first-order chi connectivity index (χ1) is 9.70. The van der Waals surface area contributed by atoms with E-state index in [0.717, 1.165) is 12.1 Å². The predicted molar refractivity (Wildman–Crippen MR) is 71.4 cm³/mol. The molecule has 1 aromatic rings. The summed E-state index contributed by atoms with van der Waals surface area (Å²) in [6, 6.07) is 4.14. The molecule has 4 nitrogen and oxygen atoms in total. The maximum atomic E-state index is 12.4. The SMILES string of the molecule is CC(=O)N[C@H](C)C(=O)NCCc1ccc(C(F)(F)F)cc1. The molecule has 0 unspecified atom stereocenters. The van der Waals surface area contributed by atoms with Gasteiger partial charge in [-0.2, -0.15) is 13.2 Å². The number of alkyl halides is 3. The van der Waals surface area contributed by atoms with Gasteiger partial charge in [-0.05, 0) is 31.0 Å². The molecule has 0 spiro atoms. The molecule has 7 heteroatoms. The highest BCUT2D eigenvalue weighted by Gasteiger charge is 2.29. The van der Waals surface area contributed by atoms with Gasteiger partial charge in [-0.1, -0.05) is 12.1 Å². The van der Waals surface area contributed by atoms with Crippen molar-refractivity contribution in [1.82, 2.24) is 10.6 Å². The molecule has 0 aromatic heterocycles. The van der Waals surface area contributed by atoms with E-state index in [1.165, 1.54) is 19.1 Å². The monoisotopic (exact) mass is 302 g/mol. The van der Waals surface area contributed by atoms with Crippen LogP contribution in [-0.2, 0) is 22.2 Å². The molecule has 21 heavy (non-hydrogen) atoms. The van der Waals surface area contributed by atoms with Gasteiger partial charge in [0.2, 0.25) is 11.8 Å². The molecule has 0 aliphatic carbocycles. The largest absolute Gasteiger partial charge is 0.416 e. The fourth-order valence-electron chi connectivity index (χ4n) is 1.71. The van der Waals surface area contributed by atoms with Crippen LogP contribution in [0.1, 0.15) is 25.0 Å². The molecule has 1 rings (SSSR count). The van der Waals surface area contributed by atoms with Gasteiger partial charge in [0.05, 0.1) is 5.56 Å². The second kappa shape index (κ2) is 7.10. The smallest absolute Gasteiger partial charge is 0.354 e. The van der Waals surface area contributed by atoms with E-state index in [0.29, 0.717) is 12.0 Å². The number of halogens is 3. The molecule has 1 atom stereocenters. The third kappa shape index (κ3) is 5.85. The van der Waals surface area contributed by atoms with Crippen molar-refractivity contribution in [2.45, 2.75) is 32.5 Å². The molecule has 0 bridgehead atoms. The van der Waals surface area contributed by atoms with Gasteiger partial charge < -0.3 is 10.6 Å². The average molecular weight is 302 g/mol. The van der Waals surface area contributed by atoms with E-state index >= 15 is 0 Å². The van der Waals surface area contributed by atoms with E-state index in [-0.39, 0.29) is 18.4 Å². The minimum Gasteiger partial charge on any atom is -0.354 e. The van der Waals surface area contributed by atoms with E-state index in [9.17, 15) is 22.8 Å². The van der Waals surface area contributed by atoms with Gasteiger partial charge in [0.15, 0.2) is 0 Å². The average Bonchev–Trinajstić information content (AvgIpc) is 2.37. The van der Waals surface area contributed by atoms with Crippen molar-refractivity contribution in [2.24, 2.45) is 0 Å². The van der Waals surface area contributed by atoms with Crippen LogP contribution in [0, 0.1) is 0 Å². The Hall–Kier alpha value is -2.05. The second-order valence-corrected chi connectivity index (χ2v) is 4.66. The highest BCUT2D eigenvalue weighted by molar-refractivity contribution is 5.86. The molecule has 116 valence electrons. The maximum absolute atomic E-state index is 12.4. The van der Waals surface area contributed by atoms with Crippen molar-refractivity contribution in [3.05, 3.63) is 35.4 Å². The van der Waals surface area contributed by atoms with E-state index in [4.69, 9.17) is 0 Å². The Bertz CT molecular complexity index is 498. The Morgan fingerprint density at radius 1 is 1.19 bits per heavy atom. The predicted octanol–water partition coefficient (Wildman–Crippen LogP) is 1.89. The van der Waals surface area contributed by atoms with Gasteiger partial charge in [0, 0.05) is 13.5 Å². The van der Waals surface area contributed by atoms with Gasteiger partial charge in [-0.3, -0.25) is 9.59 Å². The minimum atomic E-state index is -4.35. The van der Waals surface area contributed by atoms with Gasteiger partial charge in [-0.25, -0.2) is 0 Å². The van der Waals surface area contributed by atoms with E-state index in [1.807, 2.05) is 0 Å². The lowest BCUT2D eigenvalue weighted by molar-refractivity contribution is -0.137. The minimum absolute atomic E-state index is 0.286. The lowest BCUT2D eigenvalue weighted by Gasteiger charge is -2.13. The molecule has 2 N–H and O–H groups in total. The Morgan fingerprint density at radius 3 is 2.24 bits per heavy atom. The summed E-state index contributed by atoms with van der Waals surface area (Å²) in [6.45, 7) is 3.15. The summed E-state index contributed by atoms with van der Waals surface area (Å²) in [6.07, 6.45) is -3.93. The fraction of sp³-hybridized carbons (Fsp3) is 0.429. The molecule has 0 fully saturated rings. The van der Waals surface area contributed by atoms with Crippen LogP contribution < -0.4 is 10.6 Å². The number of benzene rings is 1. The summed E-state index contributed by atoms with van der Waals surface area (Å²) in [5, 5.41) is 5.04. The first kappa shape index (κ1) is 17.0. The van der Waals surface area contributed by atoms with Crippen LogP contribution in [-0.4, -0.2) is 24.4 Å². The molecule has 0 saturated carbocycles. The van der Waals surface area contributed by atoms with Gasteiger partial charge >= 0.3 is 6.18 Å². The molecular formula is C14H17F3N2O2. The zero-order valence-electron chi connectivity index (χ0n) is 11.8. The summed E-state index contributed by atoms with van der Waals surface area (Å²) in [5.41, 5.74) is -0.00922. The molecular weight excluding hydrogens is 285 g/mol. The molecule has 0 aliphatic heterocycles. The fourth-order valence-corrected chi connectivity index (χ4v) is 1.71. The number of hydrogen-bond donors (Lipinski definition) is 2. The van der Waals surface area contributed by atoms with Crippen molar-refractivity contribution in [3.63, 3.8) is 0 Å². The van der Waals surface area contributed by atoms with Gasteiger partial charge in [0.25, 0.3) is 0 Å². The Labute approximate surface area is 120 Å². The van der Waals surface area contributed by atoms with Gasteiger partial charge in [-0.15, -0.1) is 0 Å². The summed E-state index contributed by atoms with van der Waals surface area (Å²) in [7, 11) is 0. The summed E-state index contributed by atoms with van der Waals surface area (Å²) in [4.78, 5) is 22.4. The number of amides is 2. The van der Waals surface area contributed by atoms with Crippen LogP contribution in [0.4, 0.5) is 13.2 Å². The zero-order chi connectivity index (χ0) is 16.0. The highest BCUT2D eigenvalue weighted by Crippen LogP contribution is 2.29. The molecule has 0 aliphatic rings. The maximum Gasteiger partial charge on any atom is 0.416 e. The number of rotatable bonds is 5. The highest BCUT2D eigenvalue weighted by atomic mass is 19.4. The van der Waals surface area contributed by atoms with Gasteiger partial charge in [0.1, 0.15) is 6.04 Å². The Kier molecular flexibility index (Phi) is 5.75. The van der Waals surface area contributed by atoms with Crippen molar-refractivity contribution >= 4 is 11.8 Å². The van der Waals surface area contributed by atoms with Crippen LogP contribution in [0.3, 0.4) is 0 Å². The topological polar surface area (TPSA) is 58.2 Å². The summed E-state index contributed by atoms with van der Waals surface area (Å²) < 4.78 is 37.1. The van der Waals surface area contributed by atoms with Crippen LogP contribution in [0.15, 0.2) is 24.3 Å². The van der Waals surface area contributed by atoms with Crippen molar-refractivity contribution in [2.75, 3.05) is 6.54 Å². The molecule has 1 aromatic carbocycles. The zero-order valence-corrected chi connectivity index (χ0v) is 11.8. The van der Waals surface area contributed by atoms with Crippen LogP contribution in [0.25, 0.3) is 0 Å². The number of carbonyl (C=O) groups is 2. The van der Waals surface area contributed by atoms with E-state index in [1.54, 1.807) is 6.92 Å². The molecule has 0 saturated heterocycles. The third-order valence-corrected chi connectivity index (χ3v) is 2.81. The van der Waals surface area contributed by atoms with E-state index in [2.05, 4.69) is 10.6 Å². The standard InChI is InChI=1S/C14H17F3N2O2/c1-9(19-10(2)20)13(21)18-8-7-11-3-5-12(6-4-11)14(15,16)17/h3-6,9H,7-8H2,1-2H3,(H,18,21)(H,19,20)/t9-/m1/s1. The molecule has 2 amide bonds.